The Bertz CT molecular complexity index is 401. The molecule has 0 aliphatic heterocycles. The van der Waals surface area contributed by atoms with Gasteiger partial charge in [0.1, 0.15) is 0 Å². The molecule has 0 N–H and O–H groups in total. The molecule has 0 bridgehead atoms. The topological polar surface area (TPSA) is 43.4 Å². The second kappa shape index (κ2) is 4.94. The summed E-state index contributed by atoms with van der Waals surface area (Å²) in [6, 6.07) is 6.77. The molecule has 0 aliphatic rings. The maximum absolute atomic E-state index is 11.9. The first-order valence-electron chi connectivity index (χ1n) is 5.09. The van der Waals surface area contributed by atoms with E-state index in [1.54, 1.807) is 24.3 Å². The molecule has 3 nitrogen and oxygen atoms in total. The van der Waals surface area contributed by atoms with Crippen LogP contribution in [0.5, 0.6) is 0 Å². The van der Waals surface area contributed by atoms with E-state index in [2.05, 4.69) is 0 Å². The van der Waals surface area contributed by atoms with Gasteiger partial charge >= 0.3 is 0 Å². The largest absolute Gasteiger partial charge is 0.331 e. The first-order valence-corrected chi connectivity index (χ1v) is 6.41. The van der Waals surface area contributed by atoms with Gasteiger partial charge in [-0.15, -0.1) is 0 Å². The molecule has 1 rings (SSSR count). The normalized spacial score (nSPS) is 13.5. The molecule has 0 amide bonds. The zero-order valence-electron chi connectivity index (χ0n) is 10.0. The Morgan fingerprint density at radius 2 is 1.69 bits per heavy atom. The van der Waals surface area contributed by atoms with Gasteiger partial charge in [0.2, 0.25) is 8.03 Å². The Morgan fingerprint density at radius 3 is 2.06 bits per heavy atom. The molecule has 0 saturated heterocycles. The fraction of sp³-hybridized carbons (Fsp3) is 0.417. The maximum atomic E-state index is 11.9. The average Bonchev–Trinajstić information content (AvgIpc) is 2.26. The summed E-state index contributed by atoms with van der Waals surface area (Å²) in [5.74, 6) is 0.0798. The summed E-state index contributed by atoms with van der Waals surface area (Å²) in [4.78, 5) is 11.9. The Balaban J connectivity index is 2.96. The lowest BCUT2D eigenvalue weighted by Gasteiger charge is -2.16. The van der Waals surface area contributed by atoms with Crippen LogP contribution in [0.25, 0.3) is 0 Å². The molecule has 88 valence electrons. The molecule has 0 heterocycles. The van der Waals surface area contributed by atoms with Crippen molar-refractivity contribution in [2.24, 2.45) is 5.41 Å². The van der Waals surface area contributed by atoms with Crippen LogP contribution in [0, 0.1) is 5.41 Å². The second-order valence-corrected chi connectivity index (χ2v) is 6.21. The lowest BCUT2D eigenvalue weighted by molar-refractivity contribution is 0.0858. The van der Waals surface area contributed by atoms with E-state index in [1.165, 1.54) is 7.11 Å². The third kappa shape index (κ3) is 3.03. The molecule has 0 fully saturated rings. The van der Waals surface area contributed by atoms with Crippen LogP contribution >= 0.6 is 8.03 Å². The number of ketones is 1. The van der Waals surface area contributed by atoms with Gasteiger partial charge in [0.15, 0.2) is 5.78 Å². The Morgan fingerprint density at radius 1 is 1.19 bits per heavy atom. The van der Waals surface area contributed by atoms with Crippen molar-refractivity contribution in [3.63, 3.8) is 0 Å². The zero-order valence-corrected chi connectivity index (χ0v) is 11.0. The third-order valence-corrected chi connectivity index (χ3v) is 3.42. The van der Waals surface area contributed by atoms with E-state index in [4.69, 9.17) is 4.52 Å². The number of carbonyl (C=O) groups is 1. The quantitative estimate of drug-likeness (QED) is 0.602. The highest BCUT2D eigenvalue weighted by molar-refractivity contribution is 7.48. The molecule has 1 aromatic carbocycles. The summed E-state index contributed by atoms with van der Waals surface area (Å²) in [7, 11) is -0.732. The standard InChI is InChI=1S/C12H17O3P/c1-12(2,3)11(13)9-5-7-10(8-6-9)16(14)15-4/h5-8,16H,1-4H3. The fourth-order valence-corrected chi connectivity index (χ4v) is 1.98. The van der Waals surface area contributed by atoms with Gasteiger partial charge in [-0.05, 0) is 12.1 Å². The van der Waals surface area contributed by atoms with E-state index in [-0.39, 0.29) is 5.78 Å². The molecular weight excluding hydrogens is 223 g/mol. The van der Waals surface area contributed by atoms with Crippen molar-refractivity contribution in [1.29, 1.82) is 0 Å². The minimum Gasteiger partial charge on any atom is -0.331 e. The van der Waals surface area contributed by atoms with Crippen LogP contribution in [0.4, 0.5) is 0 Å². The van der Waals surface area contributed by atoms with Crippen molar-refractivity contribution in [2.75, 3.05) is 7.11 Å². The minimum absolute atomic E-state index is 0.0798. The van der Waals surface area contributed by atoms with Gasteiger partial charge in [-0.2, -0.15) is 0 Å². The SMILES string of the molecule is CO[PH](=O)c1ccc(C(=O)C(C)(C)C)cc1. The van der Waals surface area contributed by atoms with Crippen molar-refractivity contribution in [2.45, 2.75) is 20.8 Å². The van der Waals surface area contributed by atoms with Crippen LogP contribution in [0.15, 0.2) is 24.3 Å². The van der Waals surface area contributed by atoms with Gasteiger partial charge in [-0.25, -0.2) is 0 Å². The van der Waals surface area contributed by atoms with Gasteiger partial charge in [-0.3, -0.25) is 9.36 Å². The zero-order chi connectivity index (χ0) is 12.3. The molecule has 0 saturated carbocycles. The van der Waals surface area contributed by atoms with Crippen molar-refractivity contribution in [3.05, 3.63) is 29.8 Å². The Kier molecular flexibility index (Phi) is 4.06. The van der Waals surface area contributed by atoms with E-state index in [9.17, 15) is 9.36 Å². The Hall–Kier alpha value is -0.920. The smallest absolute Gasteiger partial charge is 0.220 e. The third-order valence-electron chi connectivity index (χ3n) is 2.25. The van der Waals surface area contributed by atoms with Gasteiger partial charge in [-0.1, -0.05) is 32.9 Å². The van der Waals surface area contributed by atoms with Crippen molar-refractivity contribution in [3.8, 4) is 0 Å². The number of carbonyl (C=O) groups excluding carboxylic acids is 1. The molecular formula is C12H17O3P. The average molecular weight is 240 g/mol. The first-order chi connectivity index (χ1) is 7.36. The summed E-state index contributed by atoms with van der Waals surface area (Å²) in [5.41, 5.74) is 0.246. The molecule has 0 radical (unpaired) electrons. The van der Waals surface area contributed by atoms with Crippen molar-refractivity contribution >= 4 is 19.1 Å². The van der Waals surface area contributed by atoms with E-state index >= 15 is 0 Å². The van der Waals surface area contributed by atoms with Gasteiger partial charge in [0.05, 0.1) is 0 Å². The van der Waals surface area contributed by atoms with Crippen LogP contribution in [0.1, 0.15) is 31.1 Å². The summed E-state index contributed by atoms with van der Waals surface area (Å²) >= 11 is 0. The highest BCUT2D eigenvalue weighted by atomic mass is 31.1. The van der Waals surface area contributed by atoms with Crippen LogP contribution in [0.2, 0.25) is 0 Å². The van der Waals surface area contributed by atoms with Crippen molar-refractivity contribution < 1.29 is 13.9 Å². The maximum Gasteiger partial charge on any atom is 0.220 e. The Labute approximate surface area is 96.7 Å². The van der Waals surface area contributed by atoms with Gasteiger partial charge in [0.25, 0.3) is 0 Å². The highest BCUT2D eigenvalue weighted by Gasteiger charge is 2.22. The van der Waals surface area contributed by atoms with Crippen LogP contribution in [-0.4, -0.2) is 12.9 Å². The molecule has 0 spiro atoms. The van der Waals surface area contributed by atoms with Crippen LogP contribution in [0.3, 0.4) is 0 Å². The number of hydrogen-bond acceptors (Lipinski definition) is 3. The second-order valence-electron chi connectivity index (χ2n) is 4.65. The molecule has 4 heteroatoms. The van der Waals surface area contributed by atoms with Crippen LogP contribution in [-0.2, 0) is 9.09 Å². The number of hydrogen-bond donors (Lipinski definition) is 0. The number of benzene rings is 1. The summed E-state index contributed by atoms with van der Waals surface area (Å²) in [6.07, 6.45) is 0. The summed E-state index contributed by atoms with van der Waals surface area (Å²) < 4.78 is 16.1. The lowest BCUT2D eigenvalue weighted by Crippen LogP contribution is -2.20. The summed E-state index contributed by atoms with van der Waals surface area (Å²) in [5, 5.41) is 0.637. The minimum atomic E-state index is -2.14. The molecule has 0 aromatic heterocycles. The predicted molar refractivity (Wildman–Crippen MR) is 65.9 cm³/mol. The molecule has 0 aliphatic carbocycles. The van der Waals surface area contributed by atoms with E-state index in [1.807, 2.05) is 20.8 Å². The highest BCUT2D eigenvalue weighted by Crippen LogP contribution is 2.23. The summed E-state index contributed by atoms with van der Waals surface area (Å²) in [6.45, 7) is 5.63. The first kappa shape index (κ1) is 13.1. The fourth-order valence-electron chi connectivity index (χ4n) is 1.31. The number of Topliss-reactive ketones (excluding diaryl/α,β-unsaturated/α-hetero) is 1. The van der Waals surface area contributed by atoms with Crippen LogP contribution < -0.4 is 5.30 Å². The number of rotatable bonds is 3. The van der Waals surface area contributed by atoms with E-state index in [0.717, 1.165) is 0 Å². The molecule has 1 aromatic rings. The van der Waals surface area contributed by atoms with E-state index < -0.39 is 13.4 Å². The van der Waals surface area contributed by atoms with E-state index in [0.29, 0.717) is 10.9 Å². The van der Waals surface area contributed by atoms with Crippen molar-refractivity contribution in [1.82, 2.24) is 0 Å². The monoisotopic (exact) mass is 240 g/mol. The van der Waals surface area contributed by atoms with Gasteiger partial charge in [0, 0.05) is 23.4 Å². The lowest BCUT2D eigenvalue weighted by atomic mass is 9.87. The molecule has 1 unspecified atom stereocenters. The molecule has 1 atom stereocenters. The predicted octanol–water partition coefficient (Wildman–Crippen LogP) is 2.66. The molecule has 16 heavy (non-hydrogen) atoms. The van der Waals surface area contributed by atoms with Gasteiger partial charge < -0.3 is 4.52 Å².